The van der Waals surface area contributed by atoms with Crippen molar-refractivity contribution < 1.29 is 9.21 Å². The summed E-state index contributed by atoms with van der Waals surface area (Å²) in [4.78, 5) is 24.7. The topological polar surface area (TPSA) is 62.9 Å². The van der Waals surface area contributed by atoms with Crippen LogP contribution in [0.1, 0.15) is 55.8 Å². The number of fused-ring (bicyclic) bond motifs is 1. The number of benzene rings is 2. The lowest BCUT2D eigenvalue weighted by Gasteiger charge is -2.21. The van der Waals surface area contributed by atoms with Crippen LogP contribution in [-0.4, -0.2) is 16.6 Å². The zero-order chi connectivity index (χ0) is 19.8. The van der Waals surface area contributed by atoms with Crippen molar-refractivity contribution in [2.75, 3.05) is 0 Å². The van der Waals surface area contributed by atoms with Gasteiger partial charge in [-0.15, -0.1) is 0 Å². The zero-order valence-corrected chi connectivity index (χ0v) is 16.2. The van der Waals surface area contributed by atoms with E-state index < -0.39 is 5.63 Å². The predicted octanol–water partition coefficient (Wildman–Crippen LogP) is 4.61. The van der Waals surface area contributed by atoms with Gasteiger partial charge in [-0.05, 0) is 29.2 Å². The van der Waals surface area contributed by atoms with Crippen molar-refractivity contribution >= 4 is 22.6 Å². The Bertz CT molecular complexity index is 1130. The third kappa shape index (κ3) is 3.24. The second-order valence-electron chi connectivity index (χ2n) is 7.44. The van der Waals surface area contributed by atoms with Crippen LogP contribution in [-0.2, 0) is 4.79 Å². The Labute approximate surface area is 163 Å². The minimum absolute atomic E-state index is 0.155. The molecule has 0 bridgehead atoms. The Morgan fingerprint density at radius 3 is 2.54 bits per heavy atom. The number of carbonyl (C=O) groups is 1. The Balaban J connectivity index is 1.72. The van der Waals surface area contributed by atoms with Crippen LogP contribution in [0.2, 0.25) is 0 Å². The summed E-state index contributed by atoms with van der Waals surface area (Å²) in [5.41, 5.74) is 3.34. The lowest BCUT2D eigenvalue weighted by atomic mass is 9.95. The van der Waals surface area contributed by atoms with Crippen LogP contribution in [0.4, 0.5) is 0 Å². The van der Waals surface area contributed by atoms with E-state index in [1.54, 1.807) is 12.1 Å². The van der Waals surface area contributed by atoms with Crippen LogP contribution in [0.25, 0.3) is 11.0 Å². The number of nitrogens with zero attached hydrogens (tertiary/aromatic N) is 2. The van der Waals surface area contributed by atoms with Crippen LogP contribution < -0.4 is 5.63 Å². The molecule has 1 atom stereocenters. The highest BCUT2D eigenvalue weighted by molar-refractivity contribution is 6.04. The summed E-state index contributed by atoms with van der Waals surface area (Å²) in [6.07, 6.45) is 0.476. The van der Waals surface area contributed by atoms with E-state index in [1.165, 1.54) is 17.5 Å². The highest BCUT2D eigenvalue weighted by Gasteiger charge is 2.32. The minimum atomic E-state index is -0.434. The highest BCUT2D eigenvalue weighted by Crippen LogP contribution is 2.33. The zero-order valence-electron chi connectivity index (χ0n) is 16.2. The highest BCUT2D eigenvalue weighted by atomic mass is 16.4. The maximum absolute atomic E-state index is 12.5. The minimum Gasteiger partial charge on any atom is -0.422 e. The molecular weight excluding hydrogens is 352 g/mol. The van der Waals surface area contributed by atoms with Gasteiger partial charge in [-0.1, -0.05) is 56.3 Å². The van der Waals surface area contributed by atoms with Gasteiger partial charge in [-0.2, -0.15) is 5.10 Å². The fraction of sp³-hybridized carbons (Fsp3) is 0.261. The molecule has 28 heavy (non-hydrogen) atoms. The summed E-state index contributed by atoms with van der Waals surface area (Å²) in [6.45, 7) is 5.78. The van der Waals surface area contributed by atoms with Crippen molar-refractivity contribution in [3.63, 3.8) is 0 Å². The smallest absolute Gasteiger partial charge is 0.345 e. The van der Waals surface area contributed by atoms with E-state index >= 15 is 0 Å². The molecule has 1 aromatic heterocycles. The molecule has 1 aliphatic heterocycles. The third-order valence-electron chi connectivity index (χ3n) is 5.17. The predicted molar refractivity (Wildman–Crippen MR) is 109 cm³/mol. The summed E-state index contributed by atoms with van der Waals surface area (Å²) in [5.74, 6) is 0.286. The number of carbonyl (C=O) groups excluding carboxylic acids is 1. The number of amides is 1. The molecule has 0 radical (unpaired) electrons. The molecule has 0 aliphatic carbocycles. The first-order valence-electron chi connectivity index (χ1n) is 9.44. The van der Waals surface area contributed by atoms with E-state index in [2.05, 4.69) is 31.1 Å². The molecular formula is C23H22N2O3. The molecule has 142 valence electrons. The summed E-state index contributed by atoms with van der Waals surface area (Å²) < 4.78 is 5.44. The quantitative estimate of drug-likeness (QED) is 0.629. The van der Waals surface area contributed by atoms with Crippen LogP contribution in [0, 0.1) is 0 Å². The van der Waals surface area contributed by atoms with Gasteiger partial charge >= 0.3 is 5.63 Å². The van der Waals surface area contributed by atoms with Crippen molar-refractivity contribution in [1.82, 2.24) is 5.01 Å². The Hall–Kier alpha value is -3.21. The lowest BCUT2D eigenvalue weighted by molar-refractivity contribution is -0.130. The second-order valence-corrected chi connectivity index (χ2v) is 7.44. The largest absolute Gasteiger partial charge is 0.422 e. The van der Waals surface area contributed by atoms with Gasteiger partial charge in [0.05, 0.1) is 17.3 Å². The van der Waals surface area contributed by atoms with E-state index in [1.807, 2.05) is 30.3 Å². The SMILES string of the molecule is CC(=O)N1N=C(c2cc3ccccc3oc2=O)CC1c1ccc(C(C)C)cc1. The van der Waals surface area contributed by atoms with Gasteiger partial charge in [0, 0.05) is 18.7 Å². The van der Waals surface area contributed by atoms with E-state index in [4.69, 9.17) is 4.42 Å². The van der Waals surface area contributed by atoms with Crippen molar-refractivity contribution in [2.24, 2.45) is 5.10 Å². The lowest BCUT2D eigenvalue weighted by Crippen LogP contribution is -2.24. The van der Waals surface area contributed by atoms with E-state index in [0.29, 0.717) is 29.2 Å². The van der Waals surface area contributed by atoms with Gasteiger partial charge in [0.2, 0.25) is 5.91 Å². The normalized spacial score (nSPS) is 16.6. The summed E-state index contributed by atoms with van der Waals surface area (Å²) in [7, 11) is 0. The van der Waals surface area contributed by atoms with Gasteiger partial charge in [0.1, 0.15) is 5.58 Å². The molecule has 0 N–H and O–H groups in total. The molecule has 0 fully saturated rings. The van der Waals surface area contributed by atoms with Crippen molar-refractivity contribution in [2.45, 2.75) is 39.2 Å². The first-order valence-corrected chi connectivity index (χ1v) is 9.44. The molecule has 0 saturated carbocycles. The van der Waals surface area contributed by atoms with E-state index in [0.717, 1.165) is 10.9 Å². The molecule has 3 aromatic rings. The standard InChI is InChI=1S/C23H22N2O3/c1-14(2)16-8-10-17(11-9-16)21-13-20(24-25(21)15(3)26)19-12-18-6-4-5-7-22(18)28-23(19)27/h4-12,14,21H,13H2,1-3H3. The molecule has 1 unspecified atom stereocenters. The van der Waals surface area contributed by atoms with Crippen molar-refractivity contribution in [1.29, 1.82) is 0 Å². The number of para-hydroxylation sites is 1. The summed E-state index contributed by atoms with van der Waals surface area (Å²) >= 11 is 0. The van der Waals surface area contributed by atoms with Crippen LogP contribution in [0.3, 0.4) is 0 Å². The molecule has 4 rings (SSSR count). The van der Waals surface area contributed by atoms with Crippen LogP contribution in [0.15, 0.2) is 68.9 Å². The monoisotopic (exact) mass is 374 g/mol. The van der Waals surface area contributed by atoms with E-state index in [9.17, 15) is 9.59 Å². The fourth-order valence-electron chi connectivity index (χ4n) is 3.59. The first-order chi connectivity index (χ1) is 13.4. The maximum Gasteiger partial charge on any atom is 0.345 e. The van der Waals surface area contributed by atoms with Gasteiger partial charge in [-0.25, -0.2) is 9.80 Å². The Kier molecular flexibility index (Phi) is 4.59. The molecule has 5 heteroatoms. The van der Waals surface area contributed by atoms with Gasteiger partial charge < -0.3 is 4.42 Å². The first kappa shape index (κ1) is 18.2. The average Bonchev–Trinajstić information content (AvgIpc) is 3.13. The van der Waals surface area contributed by atoms with Gasteiger partial charge in [-0.3, -0.25) is 4.79 Å². The number of hydrogen-bond donors (Lipinski definition) is 0. The molecule has 0 spiro atoms. The fourth-order valence-corrected chi connectivity index (χ4v) is 3.59. The molecule has 1 amide bonds. The number of hydrazone groups is 1. The Morgan fingerprint density at radius 1 is 1.14 bits per heavy atom. The van der Waals surface area contributed by atoms with Crippen LogP contribution in [0.5, 0.6) is 0 Å². The third-order valence-corrected chi connectivity index (χ3v) is 5.17. The molecule has 1 aliphatic rings. The molecule has 2 heterocycles. The van der Waals surface area contributed by atoms with Gasteiger partial charge in [0.25, 0.3) is 0 Å². The number of rotatable bonds is 3. The summed E-state index contributed by atoms with van der Waals surface area (Å²) in [6, 6.07) is 17.2. The van der Waals surface area contributed by atoms with Crippen LogP contribution >= 0.6 is 0 Å². The molecule has 0 saturated heterocycles. The van der Waals surface area contributed by atoms with Gasteiger partial charge in [0.15, 0.2) is 0 Å². The summed E-state index contributed by atoms with van der Waals surface area (Å²) in [5, 5.41) is 6.78. The maximum atomic E-state index is 12.5. The van der Waals surface area contributed by atoms with E-state index in [-0.39, 0.29) is 11.9 Å². The molecule has 2 aromatic carbocycles. The average molecular weight is 374 g/mol. The Morgan fingerprint density at radius 2 is 1.86 bits per heavy atom. The molecule has 5 nitrogen and oxygen atoms in total. The number of hydrogen-bond acceptors (Lipinski definition) is 4. The van der Waals surface area contributed by atoms with Crippen molar-refractivity contribution in [3.8, 4) is 0 Å². The van der Waals surface area contributed by atoms with Crippen molar-refractivity contribution in [3.05, 3.63) is 81.7 Å². The second kappa shape index (κ2) is 7.08.